The fourth-order valence-corrected chi connectivity index (χ4v) is 4.43. The lowest BCUT2D eigenvalue weighted by Gasteiger charge is -2.28. The first-order chi connectivity index (χ1) is 11.9. The van der Waals surface area contributed by atoms with Gasteiger partial charge in [0.15, 0.2) is 0 Å². The molecule has 3 heteroatoms. The fraction of sp³-hybridized carbons (Fsp3) is 0.682. The van der Waals surface area contributed by atoms with Crippen molar-refractivity contribution < 1.29 is 14.3 Å². The molecule has 4 atom stereocenters. The topological polar surface area (TPSA) is 35.5 Å². The number of hydrogen-bond acceptors (Lipinski definition) is 3. The van der Waals surface area contributed by atoms with Crippen molar-refractivity contribution in [2.75, 3.05) is 6.61 Å². The smallest absolute Gasteiger partial charge is 0.338 e. The number of carbonyl (C=O) groups is 1. The molecule has 2 saturated carbocycles. The van der Waals surface area contributed by atoms with Crippen LogP contribution in [0.2, 0.25) is 0 Å². The zero-order valence-corrected chi connectivity index (χ0v) is 16.1. The minimum absolute atomic E-state index is 0.0560. The molecule has 0 bridgehead atoms. The van der Waals surface area contributed by atoms with Crippen LogP contribution in [0.5, 0.6) is 5.75 Å². The minimum atomic E-state index is -0.203. The first kappa shape index (κ1) is 18.3. The molecule has 0 aliphatic heterocycles. The third kappa shape index (κ3) is 4.02. The quantitative estimate of drug-likeness (QED) is 0.485. The Labute approximate surface area is 152 Å². The fourth-order valence-electron chi connectivity index (χ4n) is 4.43. The number of esters is 1. The molecule has 138 valence electrons. The monoisotopic (exact) mass is 344 g/mol. The van der Waals surface area contributed by atoms with E-state index in [-0.39, 0.29) is 12.1 Å². The first-order valence-electron chi connectivity index (χ1n) is 9.87. The van der Waals surface area contributed by atoms with E-state index in [2.05, 4.69) is 27.7 Å². The summed E-state index contributed by atoms with van der Waals surface area (Å²) in [7, 11) is 0. The van der Waals surface area contributed by atoms with E-state index in [0.29, 0.717) is 16.9 Å². The Morgan fingerprint density at radius 1 is 1.12 bits per heavy atom. The highest BCUT2D eigenvalue weighted by atomic mass is 16.5. The summed E-state index contributed by atoms with van der Waals surface area (Å²) in [6, 6.07) is 7.36. The molecule has 0 spiro atoms. The third-order valence-electron chi connectivity index (χ3n) is 6.40. The summed E-state index contributed by atoms with van der Waals surface area (Å²) in [6.07, 6.45) is 5.69. The highest BCUT2D eigenvalue weighted by Gasteiger charge is 2.61. The van der Waals surface area contributed by atoms with Gasteiger partial charge >= 0.3 is 5.97 Å². The highest BCUT2D eigenvalue weighted by molar-refractivity contribution is 5.89. The summed E-state index contributed by atoms with van der Waals surface area (Å²) < 4.78 is 11.6. The molecule has 0 radical (unpaired) electrons. The Bertz CT molecular complexity index is 590. The molecular formula is C22H32O3. The summed E-state index contributed by atoms with van der Waals surface area (Å²) in [4.78, 5) is 12.5. The van der Waals surface area contributed by atoms with E-state index in [9.17, 15) is 4.79 Å². The van der Waals surface area contributed by atoms with Gasteiger partial charge in [0.1, 0.15) is 11.9 Å². The Hall–Kier alpha value is -1.51. The Kier molecular flexibility index (Phi) is 5.41. The van der Waals surface area contributed by atoms with E-state index >= 15 is 0 Å². The lowest BCUT2D eigenvalue weighted by atomic mass is 9.88. The molecule has 0 unspecified atom stereocenters. The van der Waals surface area contributed by atoms with Crippen molar-refractivity contribution in [1.82, 2.24) is 0 Å². The van der Waals surface area contributed by atoms with E-state index in [1.165, 1.54) is 19.3 Å². The molecule has 0 aromatic heterocycles. The molecule has 2 aliphatic carbocycles. The van der Waals surface area contributed by atoms with E-state index in [1.807, 2.05) is 24.3 Å². The van der Waals surface area contributed by atoms with Crippen LogP contribution in [-0.2, 0) is 4.74 Å². The first-order valence-corrected chi connectivity index (χ1v) is 9.87. The standard InChI is InChI=1S/C22H32O3/c1-5-6-7-12-24-17-10-8-16(9-11-17)21(23)25-20-14-19-18(13-15(20)2)22(19,3)4/h8-11,15,18-20H,5-7,12-14H2,1-4H3/t15-,18-,19-,20-/m0/s1. The molecular weight excluding hydrogens is 312 g/mol. The van der Waals surface area contributed by atoms with Crippen molar-refractivity contribution in [2.24, 2.45) is 23.2 Å². The second-order valence-corrected chi connectivity index (χ2v) is 8.51. The lowest BCUT2D eigenvalue weighted by Crippen LogP contribution is -2.29. The van der Waals surface area contributed by atoms with Crippen molar-refractivity contribution in [3.05, 3.63) is 29.8 Å². The zero-order valence-electron chi connectivity index (χ0n) is 16.1. The van der Waals surface area contributed by atoms with Crippen LogP contribution in [0.25, 0.3) is 0 Å². The highest BCUT2D eigenvalue weighted by Crippen LogP contribution is 2.66. The maximum absolute atomic E-state index is 12.5. The van der Waals surface area contributed by atoms with Gasteiger partial charge in [-0.1, -0.05) is 40.5 Å². The lowest BCUT2D eigenvalue weighted by molar-refractivity contribution is 0.00306. The van der Waals surface area contributed by atoms with Gasteiger partial charge in [-0.05, 0) is 66.7 Å². The van der Waals surface area contributed by atoms with Crippen LogP contribution >= 0.6 is 0 Å². The maximum atomic E-state index is 12.5. The summed E-state index contributed by atoms with van der Waals surface area (Å²) in [6.45, 7) is 9.82. The van der Waals surface area contributed by atoms with Gasteiger partial charge in [0.05, 0.1) is 12.2 Å². The summed E-state index contributed by atoms with van der Waals surface area (Å²) in [5, 5.41) is 0. The molecule has 1 aromatic carbocycles. The summed E-state index contributed by atoms with van der Waals surface area (Å²) in [5.41, 5.74) is 1.05. The van der Waals surface area contributed by atoms with Gasteiger partial charge in [0.2, 0.25) is 0 Å². The minimum Gasteiger partial charge on any atom is -0.494 e. The zero-order chi connectivity index (χ0) is 18.0. The molecule has 1 aromatic rings. The van der Waals surface area contributed by atoms with Gasteiger partial charge < -0.3 is 9.47 Å². The average molecular weight is 344 g/mol. The molecule has 3 nitrogen and oxygen atoms in total. The third-order valence-corrected chi connectivity index (χ3v) is 6.40. The Morgan fingerprint density at radius 2 is 1.80 bits per heavy atom. The summed E-state index contributed by atoms with van der Waals surface area (Å²) >= 11 is 0. The molecule has 0 N–H and O–H groups in total. The number of unbranched alkanes of at least 4 members (excludes halogenated alkanes) is 2. The average Bonchev–Trinajstić information content (AvgIpc) is 3.12. The van der Waals surface area contributed by atoms with Crippen LogP contribution in [-0.4, -0.2) is 18.7 Å². The van der Waals surface area contributed by atoms with Gasteiger partial charge in [0, 0.05) is 0 Å². The van der Waals surface area contributed by atoms with Gasteiger partial charge in [-0.2, -0.15) is 0 Å². The van der Waals surface area contributed by atoms with Crippen molar-refractivity contribution >= 4 is 5.97 Å². The molecule has 2 fully saturated rings. The molecule has 0 heterocycles. The number of benzene rings is 1. The van der Waals surface area contributed by atoms with Crippen LogP contribution in [0.15, 0.2) is 24.3 Å². The molecule has 2 aliphatic rings. The normalized spacial score (nSPS) is 29.6. The van der Waals surface area contributed by atoms with E-state index < -0.39 is 0 Å². The number of hydrogen-bond donors (Lipinski definition) is 0. The van der Waals surface area contributed by atoms with E-state index in [4.69, 9.17) is 9.47 Å². The Morgan fingerprint density at radius 3 is 2.48 bits per heavy atom. The maximum Gasteiger partial charge on any atom is 0.338 e. The van der Waals surface area contributed by atoms with E-state index in [1.54, 1.807) is 0 Å². The number of rotatable bonds is 7. The predicted octanol–water partition coefficient (Wildman–Crippen LogP) is 5.48. The van der Waals surface area contributed by atoms with Gasteiger partial charge in [0.25, 0.3) is 0 Å². The van der Waals surface area contributed by atoms with Crippen LogP contribution in [0, 0.1) is 23.2 Å². The predicted molar refractivity (Wildman–Crippen MR) is 99.8 cm³/mol. The second-order valence-electron chi connectivity index (χ2n) is 8.51. The largest absolute Gasteiger partial charge is 0.494 e. The molecule has 0 amide bonds. The molecule has 3 rings (SSSR count). The van der Waals surface area contributed by atoms with Crippen LogP contribution in [0.3, 0.4) is 0 Å². The van der Waals surface area contributed by atoms with E-state index in [0.717, 1.165) is 37.0 Å². The molecule has 0 saturated heterocycles. The second kappa shape index (κ2) is 7.39. The Balaban J connectivity index is 1.51. The number of fused-ring (bicyclic) bond motifs is 1. The van der Waals surface area contributed by atoms with Crippen LogP contribution in [0.1, 0.15) is 70.2 Å². The van der Waals surface area contributed by atoms with Crippen LogP contribution in [0.4, 0.5) is 0 Å². The number of carbonyl (C=O) groups excluding carboxylic acids is 1. The van der Waals surface area contributed by atoms with Crippen molar-refractivity contribution in [3.8, 4) is 5.75 Å². The SMILES string of the molecule is CCCCCOc1ccc(C(=O)O[C@H]2C[C@H]3[C@H](C[C@@H]2C)C3(C)C)cc1. The van der Waals surface area contributed by atoms with Crippen LogP contribution < -0.4 is 4.74 Å². The van der Waals surface area contributed by atoms with Crippen molar-refractivity contribution in [3.63, 3.8) is 0 Å². The van der Waals surface area contributed by atoms with Gasteiger partial charge in [-0.25, -0.2) is 4.79 Å². The van der Waals surface area contributed by atoms with Crippen molar-refractivity contribution in [1.29, 1.82) is 0 Å². The van der Waals surface area contributed by atoms with Crippen molar-refractivity contribution in [2.45, 2.75) is 65.9 Å². The molecule has 25 heavy (non-hydrogen) atoms. The number of ether oxygens (including phenoxy) is 2. The summed E-state index contributed by atoms with van der Waals surface area (Å²) in [5.74, 6) is 2.61. The van der Waals surface area contributed by atoms with Gasteiger partial charge in [-0.3, -0.25) is 0 Å². The van der Waals surface area contributed by atoms with Gasteiger partial charge in [-0.15, -0.1) is 0 Å².